The minimum atomic E-state index is -3.63. The number of carbonyl (C=O) groups is 2. The maximum atomic E-state index is 13.2. The number of sulfonamides is 1. The van der Waals surface area contributed by atoms with E-state index < -0.39 is 16.1 Å². The first-order valence-corrected chi connectivity index (χ1v) is 13.2. The van der Waals surface area contributed by atoms with E-state index in [-0.39, 0.29) is 42.8 Å². The van der Waals surface area contributed by atoms with Crippen LogP contribution in [0.2, 0.25) is 5.02 Å². The minimum Gasteiger partial charge on any atom is -0.497 e. The highest BCUT2D eigenvalue weighted by Crippen LogP contribution is 2.30. The topological polar surface area (TPSA) is 105 Å². The van der Waals surface area contributed by atoms with E-state index in [0.29, 0.717) is 17.2 Å². The second-order valence-corrected chi connectivity index (χ2v) is 10.2. The Kier molecular flexibility index (Phi) is 10.2. The number of rotatable bonds is 12. The number of hydrogen-bond donors (Lipinski definition) is 1. The Morgan fingerprint density at radius 3 is 2.26 bits per heavy atom. The maximum Gasteiger partial charge on any atom is 0.242 e. The fourth-order valence-electron chi connectivity index (χ4n) is 3.53. The smallest absolute Gasteiger partial charge is 0.242 e. The summed E-state index contributed by atoms with van der Waals surface area (Å²) in [5.41, 5.74) is 1.21. The van der Waals surface area contributed by atoms with Gasteiger partial charge in [0.25, 0.3) is 0 Å². The number of methoxy groups -OCH3 is 2. The number of anilines is 1. The van der Waals surface area contributed by atoms with Crippen LogP contribution in [0.25, 0.3) is 0 Å². The maximum absolute atomic E-state index is 13.2. The first-order valence-electron chi connectivity index (χ1n) is 11.0. The van der Waals surface area contributed by atoms with Crippen molar-refractivity contribution in [2.75, 3.05) is 38.4 Å². The highest BCUT2D eigenvalue weighted by atomic mass is 35.5. The SMILES string of the molecule is CNC(=O)C(C)N(Cc1ccc(OC)cc1)C(=O)CCCN(c1ccc(OC)c(Cl)c1)S(C)(=O)=O. The number of carbonyl (C=O) groups excluding carboxylic acids is 2. The van der Waals surface area contributed by atoms with Gasteiger partial charge in [0.05, 0.1) is 31.2 Å². The lowest BCUT2D eigenvalue weighted by atomic mass is 10.1. The van der Waals surface area contributed by atoms with Gasteiger partial charge >= 0.3 is 0 Å². The summed E-state index contributed by atoms with van der Waals surface area (Å²) >= 11 is 6.17. The van der Waals surface area contributed by atoms with Gasteiger partial charge in [0, 0.05) is 26.6 Å². The van der Waals surface area contributed by atoms with Crippen LogP contribution in [0, 0.1) is 0 Å². The number of hydrogen-bond acceptors (Lipinski definition) is 6. The second-order valence-electron chi connectivity index (χ2n) is 7.92. The van der Waals surface area contributed by atoms with Gasteiger partial charge < -0.3 is 19.7 Å². The van der Waals surface area contributed by atoms with Gasteiger partial charge in [-0.05, 0) is 49.2 Å². The van der Waals surface area contributed by atoms with Crippen molar-refractivity contribution in [3.05, 3.63) is 53.1 Å². The van der Waals surface area contributed by atoms with Gasteiger partial charge in [0.2, 0.25) is 21.8 Å². The van der Waals surface area contributed by atoms with Crippen molar-refractivity contribution in [2.45, 2.75) is 32.4 Å². The summed E-state index contributed by atoms with van der Waals surface area (Å²) in [6.07, 6.45) is 1.39. The predicted octanol–water partition coefficient (Wildman–Crippen LogP) is 3.07. The highest BCUT2D eigenvalue weighted by molar-refractivity contribution is 7.92. The van der Waals surface area contributed by atoms with Crippen molar-refractivity contribution >= 4 is 39.1 Å². The molecular formula is C24H32ClN3O6S. The van der Waals surface area contributed by atoms with Crippen molar-refractivity contribution in [1.82, 2.24) is 10.2 Å². The first-order chi connectivity index (χ1) is 16.5. The molecule has 0 radical (unpaired) electrons. The van der Waals surface area contributed by atoms with E-state index in [1.165, 1.54) is 29.4 Å². The molecule has 0 saturated carbocycles. The summed E-state index contributed by atoms with van der Waals surface area (Å²) in [5.74, 6) is 0.553. The Hall–Kier alpha value is -2.98. The molecule has 2 aromatic rings. The molecule has 0 spiro atoms. The minimum absolute atomic E-state index is 0.0490. The molecule has 0 aliphatic heterocycles. The van der Waals surface area contributed by atoms with Crippen LogP contribution in [0.5, 0.6) is 11.5 Å². The largest absolute Gasteiger partial charge is 0.497 e. The number of likely N-dealkylation sites (N-methyl/N-ethyl adjacent to an activating group) is 1. The average molecular weight is 526 g/mol. The lowest BCUT2D eigenvalue weighted by Gasteiger charge is -2.29. The molecule has 0 aromatic heterocycles. The number of ether oxygens (including phenoxy) is 2. The zero-order valence-electron chi connectivity index (χ0n) is 20.6. The normalized spacial score (nSPS) is 11.9. The van der Waals surface area contributed by atoms with Crippen LogP contribution in [-0.4, -0.2) is 65.2 Å². The molecule has 2 aromatic carbocycles. The quantitative estimate of drug-likeness (QED) is 0.456. The molecule has 0 heterocycles. The van der Waals surface area contributed by atoms with Gasteiger partial charge in [0.15, 0.2) is 0 Å². The molecule has 2 rings (SSSR count). The molecule has 35 heavy (non-hydrogen) atoms. The van der Waals surface area contributed by atoms with Crippen LogP contribution >= 0.6 is 11.6 Å². The number of nitrogens with zero attached hydrogens (tertiary/aromatic N) is 2. The lowest BCUT2D eigenvalue weighted by molar-refractivity contribution is -0.140. The third-order valence-corrected chi connectivity index (χ3v) is 6.99. The van der Waals surface area contributed by atoms with Crippen LogP contribution in [0.1, 0.15) is 25.3 Å². The Labute approximate surface area is 212 Å². The summed E-state index contributed by atoms with van der Waals surface area (Å²) in [6.45, 7) is 1.95. The van der Waals surface area contributed by atoms with Gasteiger partial charge in [-0.25, -0.2) is 8.42 Å². The van der Waals surface area contributed by atoms with Crippen molar-refractivity contribution in [3.8, 4) is 11.5 Å². The third kappa shape index (κ3) is 7.76. The van der Waals surface area contributed by atoms with Gasteiger partial charge in [-0.2, -0.15) is 0 Å². The average Bonchev–Trinajstić information content (AvgIpc) is 2.83. The van der Waals surface area contributed by atoms with E-state index >= 15 is 0 Å². The number of halogens is 1. The predicted molar refractivity (Wildman–Crippen MR) is 137 cm³/mol. The molecule has 192 valence electrons. The van der Waals surface area contributed by atoms with E-state index in [1.807, 2.05) is 12.1 Å². The number of amides is 2. The summed E-state index contributed by atoms with van der Waals surface area (Å²) in [7, 11) is 0.923. The van der Waals surface area contributed by atoms with Crippen molar-refractivity contribution < 1.29 is 27.5 Å². The van der Waals surface area contributed by atoms with E-state index in [2.05, 4.69) is 5.32 Å². The number of nitrogens with one attached hydrogen (secondary N) is 1. The molecule has 0 fully saturated rings. The van der Waals surface area contributed by atoms with E-state index in [4.69, 9.17) is 21.1 Å². The second kappa shape index (κ2) is 12.6. The zero-order valence-corrected chi connectivity index (χ0v) is 22.1. The molecule has 1 atom stereocenters. The van der Waals surface area contributed by atoms with Crippen molar-refractivity contribution in [1.29, 1.82) is 0 Å². The number of benzene rings is 2. The molecule has 0 aliphatic rings. The van der Waals surface area contributed by atoms with E-state index in [9.17, 15) is 18.0 Å². The fraction of sp³-hybridized carbons (Fsp3) is 0.417. The Bertz CT molecular complexity index is 1120. The molecule has 0 aliphatic carbocycles. The highest BCUT2D eigenvalue weighted by Gasteiger charge is 2.26. The summed E-state index contributed by atoms with van der Waals surface area (Å²) in [4.78, 5) is 26.9. The van der Waals surface area contributed by atoms with E-state index in [1.54, 1.807) is 38.3 Å². The fourth-order valence-corrected chi connectivity index (χ4v) is 4.74. The molecule has 1 N–H and O–H groups in total. The van der Waals surface area contributed by atoms with Gasteiger partial charge in [0.1, 0.15) is 17.5 Å². The molecule has 0 saturated heterocycles. The summed E-state index contributed by atoms with van der Waals surface area (Å²) in [5, 5.41) is 2.85. The Morgan fingerprint density at radius 2 is 1.74 bits per heavy atom. The van der Waals surface area contributed by atoms with Crippen molar-refractivity contribution in [2.24, 2.45) is 0 Å². The van der Waals surface area contributed by atoms with Crippen molar-refractivity contribution in [3.63, 3.8) is 0 Å². The summed E-state index contributed by atoms with van der Waals surface area (Å²) in [6, 6.07) is 11.2. The summed E-state index contributed by atoms with van der Waals surface area (Å²) < 4.78 is 36.4. The van der Waals surface area contributed by atoms with Gasteiger partial charge in [-0.15, -0.1) is 0 Å². The Balaban J connectivity index is 2.16. The lowest BCUT2D eigenvalue weighted by Crippen LogP contribution is -2.46. The third-order valence-electron chi connectivity index (χ3n) is 5.50. The molecule has 1 unspecified atom stereocenters. The van der Waals surface area contributed by atoms with Crippen LogP contribution in [-0.2, 0) is 26.2 Å². The molecular weight excluding hydrogens is 494 g/mol. The molecule has 0 bridgehead atoms. The van der Waals surface area contributed by atoms with Gasteiger partial charge in [-0.3, -0.25) is 13.9 Å². The molecule has 11 heteroatoms. The van der Waals surface area contributed by atoms with Crippen LogP contribution < -0.4 is 19.1 Å². The van der Waals surface area contributed by atoms with Crippen LogP contribution in [0.3, 0.4) is 0 Å². The van der Waals surface area contributed by atoms with Crippen LogP contribution in [0.15, 0.2) is 42.5 Å². The van der Waals surface area contributed by atoms with Crippen LogP contribution in [0.4, 0.5) is 5.69 Å². The van der Waals surface area contributed by atoms with Gasteiger partial charge in [-0.1, -0.05) is 23.7 Å². The first kappa shape index (κ1) is 28.3. The monoisotopic (exact) mass is 525 g/mol. The zero-order chi connectivity index (χ0) is 26.2. The standard InChI is InChI=1S/C24H32ClN3O6S/c1-17(24(30)26-2)27(16-18-8-11-20(33-3)12-9-18)23(29)7-6-14-28(35(5,31)32)19-10-13-22(34-4)21(25)15-19/h8-13,15,17H,6-7,14,16H2,1-5H3,(H,26,30). The van der Waals surface area contributed by atoms with E-state index in [0.717, 1.165) is 11.8 Å². The Morgan fingerprint density at radius 1 is 1.09 bits per heavy atom. The molecule has 9 nitrogen and oxygen atoms in total. The molecule has 2 amide bonds.